The highest BCUT2D eigenvalue weighted by atomic mass is 32.2. The average molecular weight is 487 g/mol. The van der Waals surface area contributed by atoms with Gasteiger partial charge < -0.3 is 4.74 Å². The molecular weight excluding hydrogens is 463 g/mol. The Morgan fingerprint density at radius 3 is 2.44 bits per heavy atom. The van der Waals surface area contributed by atoms with E-state index in [0.29, 0.717) is 23.0 Å². The summed E-state index contributed by atoms with van der Waals surface area (Å²) >= 11 is 0. The molecule has 11 nitrogen and oxygen atoms in total. The fourth-order valence-electron chi connectivity index (χ4n) is 3.35. The number of methoxy groups -OCH3 is 1. The Labute approximate surface area is 195 Å². The van der Waals surface area contributed by atoms with E-state index in [2.05, 4.69) is 30.0 Å². The fraction of sp³-hybridized carbons (Fsp3) is 0.286. The quantitative estimate of drug-likeness (QED) is 0.402. The van der Waals surface area contributed by atoms with E-state index in [9.17, 15) is 12.8 Å². The Balaban J connectivity index is 1.75. The van der Waals surface area contributed by atoms with Crippen molar-refractivity contribution in [1.29, 1.82) is 0 Å². The van der Waals surface area contributed by atoms with Gasteiger partial charge in [0.1, 0.15) is 17.3 Å². The number of rotatable bonds is 8. The molecule has 34 heavy (non-hydrogen) atoms. The zero-order valence-corrected chi connectivity index (χ0v) is 19.7. The lowest BCUT2D eigenvalue weighted by Crippen LogP contribution is -2.31. The summed E-state index contributed by atoms with van der Waals surface area (Å²) in [5, 5.41) is 11.7. The van der Waals surface area contributed by atoms with Crippen molar-refractivity contribution in [2.75, 3.05) is 11.8 Å². The number of hydrogen-bond donors (Lipinski definition) is 1. The van der Waals surface area contributed by atoms with Crippen molar-refractivity contribution in [2.45, 2.75) is 25.0 Å². The predicted octanol–water partition coefficient (Wildman–Crippen LogP) is 2.54. The van der Waals surface area contributed by atoms with Gasteiger partial charge in [-0.3, -0.25) is 14.0 Å². The van der Waals surface area contributed by atoms with Gasteiger partial charge in [-0.1, -0.05) is 19.1 Å². The second-order valence-corrected chi connectivity index (χ2v) is 9.67. The van der Waals surface area contributed by atoms with Crippen LogP contribution < -0.4 is 9.46 Å². The molecule has 0 aliphatic heterocycles. The third kappa shape index (κ3) is 4.46. The van der Waals surface area contributed by atoms with Crippen LogP contribution in [0.25, 0.3) is 17.2 Å². The van der Waals surface area contributed by atoms with Crippen LogP contribution in [0.15, 0.2) is 48.9 Å². The molecule has 13 heteroatoms. The van der Waals surface area contributed by atoms with E-state index in [1.807, 2.05) is 0 Å². The number of hydrogen-bond acceptors (Lipinski definition) is 8. The van der Waals surface area contributed by atoms with Gasteiger partial charge in [0.25, 0.3) is 0 Å². The normalized spacial score (nSPS) is 13.4. The van der Waals surface area contributed by atoms with Gasteiger partial charge in [-0.2, -0.15) is 5.10 Å². The molecule has 1 aromatic carbocycles. The van der Waals surface area contributed by atoms with Crippen LogP contribution in [0, 0.1) is 5.82 Å². The van der Waals surface area contributed by atoms with Gasteiger partial charge >= 0.3 is 0 Å². The standard InChI is InChI=1S/C21H23FN8O3S/c1-13(19-23-11-15(22)12-24-19)14(2)34(31,32)28-21-26-25-20(16-9-10-29(3)27-16)30(21)17-7-5-6-8-18(17)33-4/h5-14H,1-4H3,(H,26,28)/t13-,14-/m0/s1. The number of para-hydroxylation sites is 2. The van der Waals surface area contributed by atoms with Gasteiger partial charge in [0, 0.05) is 19.2 Å². The first-order chi connectivity index (χ1) is 16.2. The van der Waals surface area contributed by atoms with Gasteiger partial charge in [-0.15, -0.1) is 10.2 Å². The molecule has 2 atom stereocenters. The predicted molar refractivity (Wildman–Crippen MR) is 123 cm³/mol. The summed E-state index contributed by atoms with van der Waals surface area (Å²) in [5.74, 6) is -0.247. The maximum Gasteiger partial charge on any atom is 0.243 e. The number of nitrogens with zero attached hydrogens (tertiary/aromatic N) is 7. The van der Waals surface area contributed by atoms with E-state index in [1.165, 1.54) is 18.6 Å². The molecular formula is C21H23FN8O3S. The lowest BCUT2D eigenvalue weighted by Gasteiger charge is -2.20. The number of aryl methyl sites for hydroxylation is 1. The second kappa shape index (κ2) is 9.17. The molecule has 178 valence electrons. The molecule has 0 amide bonds. The molecule has 0 aliphatic rings. The van der Waals surface area contributed by atoms with Gasteiger partial charge in [0.15, 0.2) is 11.6 Å². The Hall–Kier alpha value is -3.87. The van der Waals surface area contributed by atoms with Crippen LogP contribution >= 0.6 is 0 Å². The first-order valence-corrected chi connectivity index (χ1v) is 11.8. The summed E-state index contributed by atoms with van der Waals surface area (Å²) in [6.07, 6.45) is 3.75. The van der Waals surface area contributed by atoms with Crippen molar-refractivity contribution in [2.24, 2.45) is 7.05 Å². The van der Waals surface area contributed by atoms with Crippen LogP contribution in [0.2, 0.25) is 0 Å². The number of aromatic nitrogens is 7. The summed E-state index contributed by atoms with van der Waals surface area (Å²) in [6.45, 7) is 3.17. The molecule has 3 aromatic heterocycles. The van der Waals surface area contributed by atoms with Crippen molar-refractivity contribution >= 4 is 16.0 Å². The first-order valence-electron chi connectivity index (χ1n) is 10.3. The molecule has 4 rings (SSSR count). The molecule has 0 radical (unpaired) electrons. The Bertz CT molecular complexity index is 1400. The van der Waals surface area contributed by atoms with Crippen LogP contribution in [0.5, 0.6) is 5.75 Å². The topological polar surface area (TPSA) is 130 Å². The van der Waals surface area contributed by atoms with E-state index in [-0.39, 0.29) is 11.8 Å². The summed E-state index contributed by atoms with van der Waals surface area (Å²) in [5.41, 5.74) is 1.02. The summed E-state index contributed by atoms with van der Waals surface area (Å²) in [7, 11) is -0.723. The number of ether oxygens (including phenoxy) is 1. The fourth-order valence-corrected chi connectivity index (χ4v) is 4.58. The molecule has 0 saturated carbocycles. The molecule has 4 aromatic rings. The van der Waals surface area contributed by atoms with E-state index in [1.54, 1.807) is 55.2 Å². The van der Waals surface area contributed by atoms with Crippen molar-refractivity contribution < 1.29 is 17.5 Å². The molecule has 0 spiro atoms. The smallest absolute Gasteiger partial charge is 0.243 e. The summed E-state index contributed by atoms with van der Waals surface area (Å²) in [4.78, 5) is 7.83. The van der Waals surface area contributed by atoms with Crippen molar-refractivity contribution in [3.63, 3.8) is 0 Å². The highest BCUT2D eigenvalue weighted by Gasteiger charge is 2.32. The second-order valence-electron chi connectivity index (χ2n) is 7.63. The zero-order chi connectivity index (χ0) is 24.5. The summed E-state index contributed by atoms with van der Waals surface area (Å²) < 4.78 is 50.9. The van der Waals surface area contributed by atoms with Gasteiger partial charge in [0.05, 0.1) is 30.4 Å². The Morgan fingerprint density at radius 1 is 1.09 bits per heavy atom. The van der Waals surface area contributed by atoms with Crippen LogP contribution in [0.3, 0.4) is 0 Å². The summed E-state index contributed by atoms with van der Waals surface area (Å²) in [6, 6.07) is 8.82. The van der Waals surface area contributed by atoms with Gasteiger partial charge in [-0.05, 0) is 25.1 Å². The molecule has 0 fully saturated rings. The van der Waals surface area contributed by atoms with E-state index in [4.69, 9.17) is 4.74 Å². The minimum absolute atomic E-state index is 0.0378. The maximum atomic E-state index is 13.3. The van der Waals surface area contributed by atoms with Gasteiger partial charge in [-0.25, -0.2) is 22.8 Å². The Morgan fingerprint density at radius 2 is 1.79 bits per heavy atom. The molecule has 0 aliphatic carbocycles. The molecule has 1 N–H and O–H groups in total. The first kappa shape index (κ1) is 23.3. The number of halogens is 1. The number of anilines is 1. The molecule has 0 unspecified atom stereocenters. The lowest BCUT2D eigenvalue weighted by molar-refractivity contribution is 0.413. The number of benzene rings is 1. The van der Waals surface area contributed by atoms with Crippen LogP contribution in [-0.4, -0.2) is 55.3 Å². The minimum Gasteiger partial charge on any atom is -0.495 e. The van der Waals surface area contributed by atoms with E-state index in [0.717, 1.165) is 12.4 Å². The van der Waals surface area contributed by atoms with Crippen molar-refractivity contribution in [3.8, 4) is 23.0 Å². The number of nitrogens with one attached hydrogen (secondary N) is 1. The maximum absolute atomic E-state index is 13.3. The number of sulfonamides is 1. The highest BCUT2D eigenvalue weighted by Crippen LogP contribution is 2.31. The van der Waals surface area contributed by atoms with Crippen molar-refractivity contribution in [1.82, 2.24) is 34.5 Å². The third-order valence-electron chi connectivity index (χ3n) is 5.41. The molecule has 0 bridgehead atoms. The van der Waals surface area contributed by atoms with Crippen LogP contribution in [0.1, 0.15) is 25.6 Å². The van der Waals surface area contributed by atoms with Crippen molar-refractivity contribution in [3.05, 3.63) is 60.6 Å². The highest BCUT2D eigenvalue weighted by molar-refractivity contribution is 7.93. The van der Waals surface area contributed by atoms with Gasteiger partial charge in [0.2, 0.25) is 16.0 Å². The lowest BCUT2D eigenvalue weighted by atomic mass is 10.1. The molecule has 0 saturated heterocycles. The largest absolute Gasteiger partial charge is 0.495 e. The minimum atomic E-state index is -4.00. The zero-order valence-electron chi connectivity index (χ0n) is 18.9. The molecule has 3 heterocycles. The SMILES string of the molecule is COc1ccccc1-n1c(NS(=O)(=O)[C@@H](C)[C@H](C)c2ncc(F)cn2)nnc1-c1ccn(C)n1. The van der Waals surface area contributed by atoms with Crippen LogP contribution in [-0.2, 0) is 17.1 Å². The van der Waals surface area contributed by atoms with E-state index >= 15 is 0 Å². The Kier molecular flexibility index (Phi) is 6.28. The third-order valence-corrected chi connectivity index (χ3v) is 7.26. The van der Waals surface area contributed by atoms with E-state index < -0.39 is 27.0 Å². The average Bonchev–Trinajstić information content (AvgIpc) is 3.44. The van der Waals surface area contributed by atoms with Crippen LogP contribution in [0.4, 0.5) is 10.3 Å². The monoisotopic (exact) mass is 486 g/mol.